The molecule has 0 aliphatic heterocycles. The summed E-state index contributed by atoms with van der Waals surface area (Å²) in [6.45, 7) is 0. The number of aryl methyl sites for hydroxylation is 1. The Labute approximate surface area is 103 Å². The average molecular weight is 353 g/mol. The summed E-state index contributed by atoms with van der Waals surface area (Å²) in [5, 5.41) is 0. The van der Waals surface area contributed by atoms with E-state index in [0.717, 1.165) is 0 Å². The maximum absolute atomic E-state index is 11.4. The molecule has 0 bridgehead atoms. The number of nitrogens with zero attached hydrogens (tertiary/aromatic N) is 2. The van der Waals surface area contributed by atoms with Gasteiger partial charge in [0, 0.05) is 13.2 Å². The first-order valence-electron chi connectivity index (χ1n) is 3.12. The minimum absolute atomic E-state index is 0.143. The van der Waals surface area contributed by atoms with Crippen molar-refractivity contribution in [2.24, 2.45) is 7.05 Å². The maximum Gasteiger partial charge on any atom is 0.256 e. The van der Waals surface area contributed by atoms with Crippen LogP contribution in [0.2, 0.25) is 0 Å². The molecule has 0 N–H and O–H groups in total. The van der Waals surface area contributed by atoms with Crippen molar-refractivity contribution in [3.05, 3.63) is 15.7 Å². The molecule has 3 nitrogen and oxygen atoms in total. The highest BCUT2D eigenvalue weighted by atomic mass is 127. The van der Waals surface area contributed by atoms with E-state index in [1.807, 2.05) is 22.6 Å². The van der Waals surface area contributed by atoms with E-state index in [1.165, 1.54) is 4.57 Å². The van der Waals surface area contributed by atoms with Crippen LogP contribution in [0.4, 0.5) is 0 Å². The zero-order valence-corrected chi connectivity index (χ0v) is 10.8. The van der Waals surface area contributed by atoms with Crippen LogP contribution in [0.3, 0.4) is 0 Å². The fourth-order valence-electron chi connectivity index (χ4n) is 0.768. The number of carbonyl (C=O) groups is 1. The van der Waals surface area contributed by atoms with Gasteiger partial charge in [-0.3, -0.25) is 4.79 Å². The molecule has 1 aromatic rings. The van der Waals surface area contributed by atoms with Crippen molar-refractivity contribution in [2.75, 3.05) is 0 Å². The molecule has 0 aromatic carbocycles. The van der Waals surface area contributed by atoms with Crippen LogP contribution < -0.4 is 0 Å². The quantitative estimate of drug-likeness (QED) is 0.442. The number of rotatable bonds is 1. The van der Waals surface area contributed by atoms with Crippen molar-refractivity contribution >= 4 is 63.2 Å². The first kappa shape index (κ1) is 11.6. The second-order valence-corrected chi connectivity index (χ2v) is 5.71. The SMILES string of the molecule is Cn1cc(I)nc1C(=O)C(Cl)(Cl)Cl. The third kappa shape index (κ3) is 2.71. The Balaban J connectivity index is 3.09. The molecule has 72 valence electrons. The highest BCUT2D eigenvalue weighted by molar-refractivity contribution is 14.1. The van der Waals surface area contributed by atoms with Gasteiger partial charge in [-0.05, 0) is 22.6 Å². The predicted molar refractivity (Wildman–Crippen MR) is 60.5 cm³/mol. The average Bonchev–Trinajstić information content (AvgIpc) is 2.26. The lowest BCUT2D eigenvalue weighted by molar-refractivity contribution is 0.0983. The summed E-state index contributed by atoms with van der Waals surface area (Å²) in [6.07, 6.45) is 1.67. The maximum atomic E-state index is 11.4. The van der Waals surface area contributed by atoms with Crippen LogP contribution in [-0.4, -0.2) is 19.1 Å². The number of hydrogen-bond donors (Lipinski definition) is 0. The molecule has 0 saturated carbocycles. The van der Waals surface area contributed by atoms with Gasteiger partial charge in [-0.1, -0.05) is 34.8 Å². The van der Waals surface area contributed by atoms with Crippen molar-refractivity contribution in [1.82, 2.24) is 9.55 Å². The van der Waals surface area contributed by atoms with Gasteiger partial charge in [0.25, 0.3) is 3.79 Å². The lowest BCUT2D eigenvalue weighted by Crippen LogP contribution is -2.22. The second-order valence-electron chi connectivity index (χ2n) is 2.33. The Morgan fingerprint density at radius 1 is 1.62 bits per heavy atom. The number of halogens is 4. The highest BCUT2D eigenvalue weighted by Crippen LogP contribution is 2.29. The van der Waals surface area contributed by atoms with Crippen LogP contribution >= 0.6 is 57.4 Å². The fourth-order valence-corrected chi connectivity index (χ4v) is 1.67. The van der Waals surface area contributed by atoms with Gasteiger partial charge in [0.1, 0.15) is 3.70 Å². The molecule has 1 rings (SSSR count). The summed E-state index contributed by atoms with van der Waals surface area (Å²) in [5.41, 5.74) is 0. The molecule has 1 aromatic heterocycles. The predicted octanol–water partition coefficient (Wildman–Crippen LogP) is 2.58. The summed E-state index contributed by atoms with van der Waals surface area (Å²) in [6, 6.07) is 0. The van der Waals surface area contributed by atoms with Gasteiger partial charge in [0.15, 0.2) is 5.82 Å². The molecular weight excluding hydrogens is 349 g/mol. The van der Waals surface area contributed by atoms with Gasteiger partial charge < -0.3 is 4.57 Å². The molecule has 13 heavy (non-hydrogen) atoms. The molecular formula is C6H4Cl3IN2O. The normalized spacial score (nSPS) is 11.8. The fraction of sp³-hybridized carbons (Fsp3) is 0.333. The van der Waals surface area contributed by atoms with Crippen LogP contribution in [0.25, 0.3) is 0 Å². The van der Waals surface area contributed by atoms with Gasteiger partial charge >= 0.3 is 0 Å². The molecule has 0 unspecified atom stereocenters. The molecule has 0 saturated heterocycles. The topological polar surface area (TPSA) is 34.9 Å². The Bertz CT molecular complexity index is 344. The van der Waals surface area contributed by atoms with E-state index in [9.17, 15) is 4.79 Å². The molecule has 0 aliphatic rings. The Hall–Kier alpha value is 0.480. The van der Waals surface area contributed by atoms with E-state index in [0.29, 0.717) is 3.70 Å². The first-order chi connectivity index (χ1) is 5.82. The van der Waals surface area contributed by atoms with E-state index in [4.69, 9.17) is 34.8 Å². The minimum Gasteiger partial charge on any atom is -0.330 e. The minimum atomic E-state index is -1.94. The zero-order valence-electron chi connectivity index (χ0n) is 6.39. The molecule has 7 heteroatoms. The van der Waals surface area contributed by atoms with Gasteiger partial charge in [0.2, 0.25) is 5.78 Å². The Kier molecular flexibility index (Phi) is 3.49. The molecule has 0 aliphatic carbocycles. The van der Waals surface area contributed by atoms with Gasteiger partial charge in [0.05, 0.1) is 0 Å². The lowest BCUT2D eigenvalue weighted by atomic mass is 10.4. The lowest BCUT2D eigenvalue weighted by Gasteiger charge is -2.07. The largest absolute Gasteiger partial charge is 0.330 e. The van der Waals surface area contributed by atoms with Crippen LogP contribution in [0.15, 0.2) is 6.20 Å². The van der Waals surface area contributed by atoms with Gasteiger partial charge in [-0.15, -0.1) is 0 Å². The smallest absolute Gasteiger partial charge is 0.256 e. The summed E-state index contributed by atoms with van der Waals surface area (Å²) in [7, 11) is 1.67. The molecule has 0 radical (unpaired) electrons. The number of hydrogen-bond acceptors (Lipinski definition) is 2. The molecule has 0 amide bonds. The Morgan fingerprint density at radius 2 is 2.15 bits per heavy atom. The van der Waals surface area contributed by atoms with E-state index < -0.39 is 9.58 Å². The van der Waals surface area contributed by atoms with Crippen molar-refractivity contribution in [1.29, 1.82) is 0 Å². The van der Waals surface area contributed by atoms with Crippen LogP contribution in [0, 0.1) is 3.70 Å². The van der Waals surface area contributed by atoms with Crippen LogP contribution in [0.5, 0.6) is 0 Å². The summed E-state index contributed by atoms with van der Waals surface area (Å²) < 4.78 is 0.256. The van der Waals surface area contributed by atoms with E-state index in [-0.39, 0.29) is 5.82 Å². The van der Waals surface area contributed by atoms with Crippen molar-refractivity contribution < 1.29 is 4.79 Å². The number of Topliss-reactive ketones (excluding diaryl/α,β-unsaturated/α-hetero) is 1. The van der Waals surface area contributed by atoms with Crippen LogP contribution in [0.1, 0.15) is 10.6 Å². The van der Waals surface area contributed by atoms with Crippen molar-refractivity contribution in [2.45, 2.75) is 3.79 Å². The van der Waals surface area contributed by atoms with E-state index in [2.05, 4.69) is 4.98 Å². The number of imidazole rings is 1. The van der Waals surface area contributed by atoms with Crippen LogP contribution in [-0.2, 0) is 7.05 Å². The number of aromatic nitrogens is 2. The van der Waals surface area contributed by atoms with Crippen molar-refractivity contribution in [3.8, 4) is 0 Å². The third-order valence-corrected chi connectivity index (χ3v) is 2.34. The zero-order chi connectivity index (χ0) is 10.2. The van der Waals surface area contributed by atoms with E-state index >= 15 is 0 Å². The van der Waals surface area contributed by atoms with Gasteiger partial charge in [-0.25, -0.2) is 4.98 Å². The summed E-state index contributed by atoms with van der Waals surface area (Å²) >= 11 is 18.2. The van der Waals surface area contributed by atoms with E-state index in [1.54, 1.807) is 13.2 Å². The number of ketones is 1. The standard InChI is InChI=1S/C6H4Cl3IN2O/c1-12-2-3(10)11-5(12)4(13)6(7,8)9/h2H,1H3. The molecule has 1 heterocycles. The highest BCUT2D eigenvalue weighted by Gasteiger charge is 2.34. The Morgan fingerprint density at radius 3 is 2.46 bits per heavy atom. The molecule has 0 spiro atoms. The summed E-state index contributed by atoms with van der Waals surface area (Å²) in [5.74, 6) is -0.479. The first-order valence-corrected chi connectivity index (χ1v) is 5.34. The number of carbonyl (C=O) groups excluding carboxylic acids is 1. The number of alkyl halides is 3. The molecule has 0 fully saturated rings. The third-order valence-electron chi connectivity index (χ3n) is 1.31. The second kappa shape index (κ2) is 3.92. The monoisotopic (exact) mass is 352 g/mol. The van der Waals surface area contributed by atoms with Gasteiger partial charge in [-0.2, -0.15) is 0 Å². The van der Waals surface area contributed by atoms with Crippen molar-refractivity contribution in [3.63, 3.8) is 0 Å². The molecule has 0 atom stereocenters. The summed E-state index contributed by atoms with van der Waals surface area (Å²) in [4.78, 5) is 15.3.